The third-order valence-corrected chi connectivity index (χ3v) is 4.55. The molecule has 0 fully saturated rings. The number of alkyl halides is 3. The van der Waals surface area contributed by atoms with Gasteiger partial charge in [0.25, 0.3) is 5.91 Å². The van der Waals surface area contributed by atoms with Crippen LogP contribution < -0.4 is 16.2 Å². The van der Waals surface area contributed by atoms with Crippen LogP contribution in [-0.4, -0.2) is 11.8 Å². The Bertz CT molecular complexity index is 1210. The molecule has 0 aliphatic heterocycles. The molecule has 4 N–H and O–H groups in total. The molecular weight excluding hydrogens is 435 g/mol. The summed E-state index contributed by atoms with van der Waals surface area (Å²) in [5, 5.41) is 0. The molecule has 0 unspecified atom stereocenters. The number of ether oxygens (including phenoxy) is 1. The number of carbonyl (C=O) groups is 2. The molecule has 0 aromatic heterocycles. The molecule has 3 aromatic carbocycles. The van der Waals surface area contributed by atoms with Gasteiger partial charge in [-0.05, 0) is 47.0 Å². The van der Waals surface area contributed by atoms with Crippen molar-refractivity contribution in [2.24, 2.45) is 11.5 Å². The van der Waals surface area contributed by atoms with Crippen molar-refractivity contribution in [1.29, 1.82) is 0 Å². The van der Waals surface area contributed by atoms with Gasteiger partial charge in [-0.3, -0.25) is 9.59 Å². The summed E-state index contributed by atoms with van der Waals surface area (Å²) in [5.41, 5.74) is 8.92. The van der Waals surface area contributed by atoms with Crippen LogP contribution in [0.1, 0.15) is 31.8 Å². The van der Waals surface area contributed by atoms with Gasteiger partial charge in [0, 0.05) is 5.56 Å². The van der Waals surface area contributed by atoms with Gasteiger partial charge >= 0.3 is 6.18 Å². The topological polar surface area (TPSA) is 95.4 Å². The zero-order chi connectivity index (χ0) is 23.6. The second-order valence-electron chi connectivity index (χ2n) is 6.71. The van der Waals surface area contributed by atoms with Gasteiger partial charge in [0.15, 0.2) is 11.6 Å². The average molecular weight is 450 g/mol. The highest BCUT2D eigenvalue weighted by molar-refractivity contribution is 6.00. The van der Waals surface area contributed by atoms with Crippen LogP contribution in [0.4, 0.5) is 22.0 Å². The Morgan fingerprint density at radius 3 is 2.25 bits per heavy atom. The summed E-state index contributed by atoms with van der Waals surface area (Å²) >= 11 is 0. The van der Waals surface area contributed by atoms with E-state index < -0.39 is 46.5 Å². The molecular formula is C22H15F5N2O3. The van der Waals surface area contributed by atoms with E-state index in [9.17, 15) is 31.5 Å². The van der Waals surface area contributed by atoms with Crippen LogP contribution in [0.2, 0.25) is 0 Å². The predicted molar refractivity (Wildman–Crippen MR) is 105 cm³/mol. The van der Waals surface area contributed by atoms with E-state index in [1.807, 2.05) is 0 Å². The molecule has 0 heterocycles. The second kappa shape index (κ2) is 8.66. The van der Waals surface area contributed by atoms with E-state index in [-0.39, 0.29) is 17.7 Å². The number of hydrogen-bond donors (Lipinski definition) is 2. The van der Waals surface area contributed by atoms with Crippen LogP contribution in [0.5, 0.6) is 5.75 Å². The smallest absolute Gasteiger partial charge is 0.416 e. The number of nitrogens with two attached hydrogens (primary N) is 2. The molecule has 0 aliphatic rings. The first-order valence-corrected chi connectivity index (χ1v) is 9.00. The Hall–Kier alpha value is -3.95. The van der Waals surface area contributed by atoms with E-state index in [1.54, 1.807) is 18.2 Å². The van der Waals surface area contributed by atoms with Gasteiger partial charge in [0.2, 0.25) is 5.91 Å². The van der Waals surface area contributed by atoms with Crippen molar-refractivity contribution in [3.63, 3.8) is 0 Å². The molecule has 0 bridgehead atoms. The maximum absolute atomic E-state index is 14.3. The Labute approximate surface area is 178 Å². The molecule has 0 atom stereocenters. The highest BCUT2D eigenvalue weighted by Crippen LogP contribution is 2.34. The fourth-order valence-electron chi connectivity index (χ4n) is 3.04. The minimum atomic E-state index is -4.65. The SMILES string of the molecule is NC(=O)c1cc(C(F)(F)F)ccc1-c1cccc(COc2ccc(F)c(C(N)=O)c2F)c1. The summed E-state index contributed by atoms with van der Waals surface area (Å²) < 4.78 is 72.1. The van der Waals surface area contributed by atoms with Gasteiger partial charge in [0.1, 0.15) is 18.0 Å². The van der Waals surface area contributed by atoms with Crippen molar-refractivity contribution in [1.82, 2.24) is 0 Å². The number of benzene rings is 3. The molecule has 10 heteroatoms. The summed E-state index contributed by atoms with van der Waals surface area (Å²) in [4.78, 5) is 23.0. The lowest BCUT2D eigenvalue weighted by molar-refractivity contribution is -0.137. The second-order valence-corrected chi connectivity index (χ2v) is 6.71. The van der Waals surface area contributed by atoms with Crippen molar-refractivity contribution >= 4 is 11.8 Å². The molecule has 32 heavy (non-hydrogen) atoms. The largest absolute Gasteiger partial charge is 0.486 e. The Balaban J connectivity index is 1.91. The van der Waals surface area contributed by atoms with E-state index in [4.69, 9.17) is 16.2 Å². The van der Waals surface area contributed by atoms with Crippen LogP contribution in [-0.2, 0) is 12.8 Å². The van der Waals surface area contributed by atoms with Crippen molar-refractivity contribution in [3.05, 3.63) is 88.5 Å². The van der Waals surface area contributed by atoms with Crippen molar-refractivity contribution in [3.8, 4) is 16.9 Å². The van der Waals surface area contributed by atoms with Crippen LogP contribution in [0.25, 0.3) is 11.1 Å². The fourth-order valence-corrected chi connectivity index (χ4v) is 3.04. The fraction of sp³-hybridized carbons (Fsp3) is 0.0909. The van der Waals surface area contributed by atoms with Crippen LogP contribution in [0, 0.1) is 11.6 Å². The third-order valence-electron chi connectivity index (χ3n) is 4.55. The zero-order valence-corrected chi connectivity index (χ0v) is 16.2. The third kappa shape index (κ3) is 4.69. The van der Waals surface area contributed by atoms with Crippen LogP contribution in [0.15, 0.2) is 54.6 Å². The van der Waals surface area contributed by atoms with Crippen molar-refractivity contribution in [2.75, 3.05) is 0 Å². The standard InChI is InChI=1S/C22H15F5N2O3/c23-16-6-7-17(19(24)18(16)21(29)31)32-10-11-2-1-3-12(8-11)14-5-4-13(22(25,26)27)9-15(14)20(28)30/h1-9H,10H2,(H2,28,30)(H2,29,31). The highest BCUT2D eigenvalue weighted by Gasteiger charge is 2.31. The number of carbonyl (C=O) groups excluding carboxylic acids is 2. The lowest BCUT2D eigenvalue weighted by atomic mass is 9.96. The minimum Gasteiger partial charge on any atom is -0.486 e. The van der Waals surface area contributed by atoms with Gasteiger partial charge in [-0.1, -0.05) is 24.3 Å². The summed E-state index contributed by atoms with van der Waals surface area (Å²) in [6, 6.07) is 10.6. The molecule has 3 aromatic rings. The maximum atomic E-state index is 14.3. The first-order chi connectivity index (χ1) is 15.0. The number of primary amides is 2. The van der Waals surface area contributed by atoms with E-state index in [2.05, 4.69) is 0 Å². The highest BCUT2D eigenvalue weighted by atomic mass is 19.4. The average Bonchev–Trinajstić information content (AvgIpc) is 2.72. The van der Waals surface area contributed by atoms with Gasteiger partial charge in [-0.15, -0.1) is 0 Å². The lowest BCUT2D eigenvalue weighted by Crippen LogP contribution is -2.16. The quantitative estimate of drug-likeness (QED) is 0.544. The van der Waals surface area contributed by atoms with Crippen LogP contribution >= 0.6 is 0 Å². The van der Waals surface area contributed by atoms with Crippen LogP contribution in [0.3, 0.4) is 0 Å². The van der Waals surface area contributed by atoms with Gasteiger partial charge in [0.05, 0.1) is 5.56 Å². The molecule has 0 aliphatic carbocycles. The van der Waals surface area contributed by atoms with E-state index in [1.165, 1.54) is 6.07 Å². The molecule has 0 saturated carbocycles. The molecule has 0 radical (unpaired) electrons. The predicted octanol–water partition coefficient (Wildman–Crippen LogP) is 4.43. The Morgan fingerprint density at radius 2 is 1.62 bits per heavy atom. The lowest BCUT2D eigenvalue weighted by Gasteiger charge is -2.13. The first-order valence-electron chi connectivity index (χ1n) is 9.00. The molecule has 3 rings (SSSR count). The number of amides is 2. The summed E-state index contributed by atoms with van der Waals surface area (Å²) in [6.07, 6.45) is -4.65. The van der Waals surface area contributed by atoms with E-state index in [0.29, 0.717) is 17.2 Å². The molecule has 166 valence electrons. The summed E-state index contributed by atoms with van der Waals surface area (Å²) in [5.74, 6) is -5.15. The van der Waals surface area contributed by atoms with Crippen molar-refractivity contribution < 1.29 is 36.3 Å². The van der Waals surface area contributed by atoms with Gasteiger partial charge < -0.3 is 16.2 Å². The van der Waals surface area contributed by atoms with E-state index >= 15 is 0 Å². The summed E-state index contributed by atoms with van der Waals surface area (Å²) in [6.45, 7) is -0.235. The monoisotopic (exact) mass is 450 g/mol. The molecule has 0 saturated heterocycles. The Morgan fingerprint density at radius 1 is 0.906 bits per heavy atom. The first kappa shape index (κ1) is 22.7. The zero-order valence-electron chi connectivity index (χ0n) is 16.2. The molecule has 5 nitrogen and oxygen atoms in total. The Kier molecular flexibility index (Phi) is 6.15. The van der Waals surface area contributed by atoms with E-state index in [0.717, 1.165) is 24.3 Å². The number of halogens is 5. The summed E-state index contributed by atoms with van der Waals surface area (Å²) in [7, 11) is 0. The van der Waals surface area contributed by atoms with Gasteiger partial charge in [-0.25, -0.2) is 8.78 Å². The van der Waals surface area contributed by atoms with Crippen molar-refractivity contribution in [2.45, 2.75) is 12.8 Å². The number of rotatable bonds is 6. The minimum absolute atomic E-state index is 0.163. The maximum Gasteiger partial charge on any atom is 0.416 e. The molecule has 2 amide bonds. The normalized spacial score (nSPS) is 11.3. The number of hydrogen-bond acceptors (Lipinski definition) is 3. The van der Waals surface area contributed by atoms with Gasteiger partial charge in [-0.2, -0.15) is 13.2 Å². The molecule has 0 spiro atoms.